The molecule has 2 aromatic heterocycles. The predicted octanol–water partition coefficient (Wildman–Crippen LogP) is 4.91. The number of amides is 3. The Morgan fingerprint density at radius 3 is 2.49 bits per heavy atom. The van der Waals surface area contributed by atoms with Crippen molar-refractivity contribution >= 4 is 46.4 Å². The van der Waals surface area contributed by atoms with Gasteiger partial charge in [0.1, 0.15) is 28.7 Å². The first-order valence-corrected chi connectivity index (χ1v) is 18.5. The number of piperazine rings is 1. The van der Waals surface area contributed by atoms with Crippen LogP contribution in [-0.4, -0.2) is 91.7 Å². The van der Waals surface area contributed by atoms with Gasteiger partial charge in [-0.15, -0.1) is 21.5 Å². The van der Waals surface area contributed by atoms with Crippen LogP contribution in [0.2, 0.25) is 5.02 Å². The average Bonchev–Trinajstić information content (AvgIpc) is 3.71. The van der Waals surface area contributed by atoms with Crippen molar-refractivity contribution in [3.63, 3.8) is 0 Å². The molecule has 264 valence electrons. The number of halogens is 2. The van der Waals surface area contributed by atoms with E-state index < -0.39 is 17.8 Å². The zero-order chi connectivity index (χ0) is 35.6. The van der Waals surface area contributed by atoms with Crippen molar-refractivity contribution in [2.45, 2.75) is 65.2 Å². The van der Waals surface area contributed by atoms with Crippen LogP contribution < -0.4 is 5.32 Å². The van der Waals surface area contributed by atoms with E-state index in [9.17, 15) is 14.4 Å². The summed E-state index contributed by atoms with van der Waals surface area (Å²) < 4.78 is 17.5. The summed E-state index contributed by atoms with van der Waals surface area (Å²) >= 11 is 8.01. The standard InChI is InChI=1S/C37H38ClFN8O3S/c1-20-21(2)51-37-32(20)33(23-4-6-26(38)7-5-23)40-29(34-43-42-22(3)47(34)37)10-11-44-12-14-45(15-13-44)18-25-16-24-19-46(36(50)27(24)17-28(25)39)30-8-9-31(48)41-35(30)49/h4-7,16-17,29-30H,8-15,18-19H2,1-3H3,(H,41,48,49)/t29-,30?/m0/s1. The topological polar surface area (TPSA) is 116 Å². The summed E-state index contributed by atoms with van der Waals surface area (Å²) in [6, 6.07) is 10.0. The Morgan fingerprint density at radius 2 is 1.75 bits per heavy atom. The summed E-state index contributed by atoms with van der Waals surface area (Å²) in [4.78, 5) is 49.9. The number of imide groups is 1. The molecule has 14 heteroatoms. The summed E-state index contributed by atoms with van der Waals surface area (Å²) in [5, 5.41) is 13.2. The molecular formula is C37H38ClFN8O3S. The van der Waals surface area contributed by atoms with Gasteiger partial charge in [0, 0.05) is 84.4 Å². The molecule has 0 radical (unpaired) electrons. The molecule has 8 rings (SSSR count). The van der Waals surface area contributed by atoms with Crippen molar-refractivity contribution in [3.05, 3.63) is 97.1 Å². The van der Waals surface area contributed by atoms with Gasteiger partial charge in [-0.1, -0.05) is 23.7 Å². The fourth-order valence-electron chi connectivity index (χ4n) is 7.67. The largest absolute Gasteiger partial charge is 0.322 e. The molecule has 2 aromatic carbocycles. The molecule has 0 aliphatic carbocycles. The maximum atomic E-state index is 15.4. The highest BCUT2D eigenvalue weighted by Gasteiger charge is 2.40. The van der Waals surface area contributed by atoms with Crippen molar-refractivity contribution in [1.29, 1.82) is 0 Å². The number of thiophene rings is 1. The molecule has 0 spiro atoms. The van der Waals surface area contributed by atoms with Crippen LogP contribution in [-0.2, 0) is 22.7 Å². The summed E-state index contributed by atoms with van der Waals surface area (Å²) in [6.45, 7) is 11.0. The monoisotopic (exact) mass is 728 g/mol. The second-order valence-corrected chi connectivity index (χ2v) is 15.5. The minimum atomic E-state index is -0.726. The number of benzene rings is 2. The number of hydrogen-bond donors (Lipinski definition) is 1. The number of aliphatic imine (C=N–C) groups is 1. The van der Waals surface area contributed by atoms with Gasteiger partial charge in [0.25, 0.3) is 5.91 Å². The molecule has 4 aliphatic heterocycles. The fourth-order valence-corrected chi connectivity index (χ4v) is 9.01. The van der Waals surface area contributed by atoms with Gasteiger partial charge in [0.05, 0.1) is 5.71 Å². The van der Waals surface area contributed by atoms with Gasteiger partial charge < -0.3 is 9.80 Å². The predicted molar refractivity (Wildman–Crippen MR) is 192 cm³/mol. The summed E-state index contributed by atoms with van der Waals surface area (Å²) in [7, 11) is 0. The third-order valence-corrected chi connectivity index (χ3v) is 12.1. The Labute approximate surface area is 304 Å². The van der Waals surface area contributed by atoms with Gasteiger partial charge in [0.2, 0.25) is 11.8 Å². The Bertz CT molecular complexity index is 2100. The van der Waals surface area contributed by atoms with Gasteiger partial charge in [-0.05, 0) is 69.0 Å². The Morgan fingerprint density at radius 1 is 1.00 bits per heavy atom. The first kappa shape index (κ1) is 33.8. The molecule has 4 aromatic rings. The number of aromatic nitrogens is 3. The summed E-state index contributed by atoms with van der Waals surface area (Å²) in [6.07, 6.45) is 1.21. The van der Waals surface area contributed by atoms with E-state index >= 15 is 4.39 Å². The Hall–Kier alpha value is -4.30. The molecule has 1 N–H and O–H groups in total. The van der Waals surface area contributed by atoms with Crippen molar-refractivity contribution in [1.82, 2.24) is 34.8 Å². The van der Waals surface area contributed by atoms with Crippen LogP contribution in [0.3, 0.4) is 0 Å². The van der Waals surface area contributed by atoms with Crippen LogP contribution >= 0.6 is 22.9 Å². The normalized spacial score (nSPS) is 20.9. The van der Waals surface area contributed by atoms with Crippen LogP contribution in [0, 0.1) is 26.6 Å². The lowest BCUT2D eigenvalue weighted by molar-refractivity contribution is -0.136. The SMILES string of the molecule is Cc1sc2c(c1C)C(c1ccc(Cl)cc1)=N[C@@H](CCN1CCN(Cc3cc4c(cc3F)C(=O)N(C3CCC(=O)NC3=O)C4)CC1)c1nnc(C)n1-2. The molecule has 3 amide bonds. The van der Waals surface area contributed by atoms with Gasteiger partial charge in [0.15, 0.2) is 5.82 Å². The van der Waals surface area contributed by atoms with Crippen LogP contribution in [0.15, 0.2) is 41.4 Å². The van der Waals surface area contributed by atoms with Crippen LogP contribution in [0.4, 0.5) is 4.39 Å². The molecule has 11 nitrogen and oxygen atoms in total. The summed E-state index contributed by atoms with van der Waals surface area (Å²) in [5.74, 6) is 0.0843. The molecule has 2 fully saturated rings. The quantitative estimate of drug-likeness (QED) is 0.269. The number of carbonyl (C=O) groups is 3. The third kappa shape index (κ3) is 6.19. The highest BCUT2D eigenvalue weighted by atomic mass is 35.5. The molecule has 6 heterocycles. The number of nitrogens with one attached hydrogen (secondary N) is 1. The van der Waals surface area contributed by atoms with Crippen LogP contribution in [0.5, 0.6) is 0 Å². The lowest BCUT2D eigenvalue weighted by Crippen LogP contribution is -2.52. The van der Waals surface area contributed by atoms with Gasteiger partial charge in [-0.25, -0.2) is 4.39 Å². The number of nitrogens with zero attached hydrogens (tertiary/aromatic N) is 7. The number of hydrogen-bond acceptors (Lipinski definition) is 9. The van der Waals surface area contributed by atoms with Crippen molar-refractivity contribution < 1.29 is 18.8 Å². The molecule has 2 atom stereocenters. The van der Waals surface area contributed by atoms with Crippen LogP contribution in [0.1, 0.15) is 80.0 Å². The smallest absolute Gasteiger partial charge is 0.255 e. The lowest BCUT2D eigenvalue weighted by Gasteiger charge is -2.35. The fraction of sp³-hybridized carbons (Fsp3) is 0.405. The summed E-state index contributed by atoms with van der Waals surface area (Å²) in [5.41, 5.74) is 5.83. The zero-order valence-corrected chi connectivity index (χ0v) is 30.3. The molecule has 4 aliphatic rings. The van der Waals surface area contributed by atoms with Crippen molar-refractivity contribution in [2.75, 3.05) is 32.7 Å². The van der Waals surface area contributed by atoms with Gasteiger partial charge >= 0.3 is 0 Å². The first-order valence-electron chi connectivity index (χ1n) is 17.3. The highest BCUT2D eigenvalue weighted by molar-refractivity contribution is 7.15. The molecule has 1 unspecified atom stereocenters. The van der Waals surface area contributed by atoms with Gasteiger partial charge in [-0.3, -0.25) is 34.2 Å². The van der Waals surface area contributed by atoms with E-state index in [1.54, 1.807) is 17.4 Å². The molecular weight excluding hydrogens is 691 g/mol. The Kier molecular flexibility index (Phi) is 8.85. The minimum Gasteiger partial charge on any atom is -0.322 e. The second-order valence-electron chi connectivity index (χ2n) is 13.8. The zero-order valence-electron chi connectivity index (χ0n) is 28.7. The number of carbonyl (C=O) groups excluding carboxylic acids is 3. The number of piperidine rings is 1. The minimum absolute atomic E-state index is 0.178. The van der Waals surface area contributed by atoms with E-state index in [4.69, 9.17) is 16.6 Å². The highest BCUT2D eigenvalue weighted by Crippen LogP contribution is 2.40. The number of rotatable bonds is 7. The molecule has 0 bridgehead atoms. The van der Waals surface area contributed by atoms with Crippen molar-refractivity contribution in [3.8, 4) is 5.00 Å². The number of aryl methyl sites for hydroxylation is 2. The van der Waals surface area contributed by atoms with Gasteiger partial charge in [-0.2, -0.15) is 0 Å². The van der Waals surface area contributed by atoms with E-state index in [1.165, 1.54) is 21.4 Å². The van der Waals surface area contributed by atoms with Crippen molar-refractivity contribution in [2.24, 2.45) is 4.99 Å². The van der Waals surface area contributed by atoms with E-state index in [2.05, 4.69) is 43.7 Å². The lowest BCUT2D eigenvalue weighted by atomic mass is 9.99. The van der Waals surface area contributed by atoms with Crippen LogP contribution in [0.25, 0.3) is 5.00 Å². The third-order valence-electron chi connectivity index (χ3n) is 10.6. The maximum absolute atomic E-state index is 15.4. The molecule has 51 heavy (non-hydrogen) atoms. The second kappa shape index (κ2) is 13.4. The first-order chi connectivity index (χ1) is 24.5. The Balaban J connectivity index is 0.945. The maximum Gasteiger partial charge on any atom is 0.255 e. The van der Waals surface area contributed by atoms with E-state index in [0.717, 1.165) is 72.6 Å². The van der Waals surface area contributed by atoms with E-state index in [-0.39, 0.29) is 42.8 Å². The van der Waals surface area contributed by atoms with E-state index in [0.29, 0.717) is 22.7 Å². The molecule has 0 saturated carbocycles. The van der Waals surface area contributed by atoms with E-state index in [1.807, 2.05) is 31.2 Å². The molecule has 2 saturated heterocycles. The average molecular weight is 729 g/mol. The number of fused-ring (bicyclic) bond motifs is 4.